The van der Waals surface area contributed by atoms with Crippen LogP contribution in [0.15, 0.2) is 47.8 Å². The quantitative estimate of drug-likeness (QED) is 0.339. The van der Waals surface area contributed by atoms with Crippen molar-refractivity contribution in [3.05, 3.63) is 74.4 Å². The summed E-state index contributed by atoms with van der Waals surface area (Å²) in [5, 5.41) is 6.41. The van der Waals surface area contributed by atoms with Gasteiger partial charge in [-0.1, -0.05) is 53.6 Å². The van der Waals surface area contributed by atoms with Gasteiger partial charge >= 0.3 is 5.97 Å². The maximum atomic E-state index is 13.0. The maximum Gasteiger partial charge on any atom is 0.341 e. The molecule has 0 saturated heterocycles. The SMILES string of the molecule is COC(=O)c1c(-c2ccc(C)cc2)csc1NC(=O)c1sc2cc(C)ccc2c1Cl. The number of halogens is 1. The van der Waals surface area contributed by atoms with E-state index in [2.05, 4.69) is 5.32 Å². The first-order valence-electron chi connectivity index (χ1n) is 9.16. The van der Waals surface area contributed by atoms with E-state index in [1.807, 2.05) is 61.7 Å². The summed E-state index contributed by atoms with van der Waals surface area (Å²) in [5.74, 6) is -0.846. The number of anilines is 1. The second-order valence-electron chi connectivity index (χ2n) is 6.91. The molecule has 1 amide bonds. The fraction of sp³-hybridized carbons (Fsp3) is 0.130. The first-order chi connectivity index (χ1) is 14.4. The van der Waals surface area contributed by atoms with Crippen molar-refractivity contribution >= 4 is 61.2 Å². The molecular weight excluding hydrogens is 438 g/mol. The van der Waals surface area contributed by atoms with Crippen LogP contribution in [0.1, 0.15) is 31.2 Å². The lowest BCUT2D eigenvalue weighted by Crippen LogP contribution is -2.13. The van der Waals surface area contributed by atoms with Crippen LogP contribution in [0.2, 0.25) is 5.02 Å². The number of amides is 1. The molecule has 0 bridgehead atoms. The Balaban J connectivity index is 1.72. The predicted octanol–water partition coefficient (Wildman–Crippen LogP) is 6.94. The minimum atomic E-state index is -0.500. The Morgan fingerprint density at radius 3 is 2.43 bits per heavy atom. The molecule has 0 atom stereocenters. The maximum absolute atomic E-state index is 13.0. The summed E-state index contributed by atoms with van der Waals surface area (Å²) < 4.78 is 5.94. The van der Waals surface area contributed by atoms with Crippen LogP contribution in [0.4, 0.5) is 5.00 Å². The molecule has 7 heteroatoms. The zero-order valence-electron chi connectivity index (χ0n) is 16.5. The van der Waals surface area contributed by atoms with Gasteiger partial charge in [-0.05, 0) is 31.0 Å². The van der Waals surface area contributed by atoms with E-state index < -0.39 is 5.97 Å². The molecule has 30 heavy (non-hydrogen) atoms. The highest BCUT2D eigenvalue weighted by molar-refractivity contribution is 7.22. The van der Waals surface area contributed by atoms with Gasteiger partial charge < -0.3 is 10.1 Å². The minimum absolute atomic E-state index is 0.341. The van der Waals surface area contributed by atoms with Gasteiger partial charge in [0.25, 0.3) is 5.91 Å². The Kier molecular flexibility index (Phi) is 5.64. The topological polar surface area (TPSA) is 55.4 Å². The van der Waals surface area contributed by atoms with Crippen LogP contribution in [-0.2, 0) is 4.74 Å². The van der Waals surface area contributed by atoms with Crippen LogP contribution in [-0.4, -0.2) is 19.0 Å². The van der Waals surface area contributed by atoms with Crippen molar-refractivity contribution in [2.24, 2.45) is 0 Å². The van der Waals surface area contributed by atoms with E-state index in [9.17, 15) is 9.59 Å². The molecular formula is C23H18ClNO3S2. The standard InChI is InChI=1S/C23H18ClNO3S2/c1-12-4-7-14(8-5-12)16-11-29-22(18(16)23(27)28-3)25-21(26)20-19(24)15-9-6-13(2)10-17(15)30-20/h4-11H,1-3H3,(H,25,26). The molecule has 152 valence electrons. The first kappa shape index (κ1) is 20.6. The number of hydrogen-bond acceptors (Lipinski definition) is 5. The van der Waals surface area contributed by atoms with E-state index in [0.29, 0.717) is 20.5 Å². The second kappa shape index (κ2) is 8.22. The minimum Gasteiger partial charge on any atom is -0.465 e. The van der Waals surface area contributed by atoms with Crippen molar-refractivity contribution < 1.29 is 14.3 Å². The third kappa shape index (κ3) is 3.74. The van der Waals surface area contributed by atoms with Gasteiger partial charge in [-0.3, -0.25) is 4.79 Å². The van der Waals surface area contributed by atoms with Crippen LogP contribution in [0.3, 0.4) is 0 Å². The third-order valence-electron chi connectivity index (χ3n) is 4.76. The Morgan fingerprint density at radius 2 is 1.73 bits per heavy atom. The highest BCUT2D eigenvalue weighted by Crippen LogP contribution is 2.39. The summed E-state index contributed by atoms with van der Waals surface area (Å²) in [6, 6.07) is 13.7. The number of nitrogens with one attached hydrogen (secondary N) is 1. The summed E-state index contributed by atoms with van der Waals surface area (Å²) in [4.78, 5) is 26.0. The number of fused-ring (bicyclic) bond motifs is 1. The number of rotatable bonds is 4. The molecule has 4 rings (SSSR count). The summed E-state index contributed by atoms with van der Waals surface area (Å²) in [5.41, 5.74) is 4.17. The fourth-order valence-electron chi connectivity index (χ4n) is 3.18. The number of ether oxygens (including phenoxy) is 1. The van der Waals surface area contributed by atoms with Gasteiger partial charge in [0.05, 0.1) is 12.1 Å². The van der Waals surface area contributed by atoms with Gasteiger partial charge in [0.15, 0.2) is 0 Å². The Labute approximate surface area is 187 Å². The van der Waals surface area contributed by atoms with E-state index >= 15 is 0 Å². The van der Waals surface area contributed by atoms with Gasteiger partial charge in [0.2, 0.25) is 0 Å². The van der Waals surface area contributed by atoms with Crippen LogP contribution < -0.4 is 5.32 Å². The van der Waals surface area contributed by atoms with Crippen LogP contribution in [0, 0.1) is 13.8 Å². The monoisotopic (exact) mass is 455 g/mol. The van der Waals surface area contributed by atoms with E-state index in [1.165, 1.54) is 29.8 Å². The van der Waals surface area contributed by atoms with E-state index in [4.69, 9.17) is 16.3 Å². The highest BCUT2D eigenvalue weighted by atomic mass is 35.5. The van der Waals surface area contributed by atoms with Gasteiger partial charge in [-0.2, -0.15) is 0 Å². The molecule has 0 aliphatic heterocycles. The van der Waals surface area contributed by atoms with Gasteiger partial charge in [0, 0.05) is 21.0 Å². The van der Waals surface area contributed by atoms with Crippen molar-refractivity contribution in [2.45, 2.75) is 13.8 Å². The normalized spacial score (nSPS) is 10.9. The molecule has 4 aromatic rings. The van der Waals surface area contributed by atoms with Gasteiger partial charge in [0.1, 0.15) is 15.4 Å². The number of benzene rings is 2. The molecule has 0 aliphatic rings. The van der Waals surface area contributed by atoms with Crippen LogP contribution in [0.25, 0.3) is 21.2 Å². The zero-order valence-corrected chi connectivity index (χ0v) is 18.9. The third-order valence-corrected chi connectivity index (χ3v) is 7.31. The average Bonchev–Trinajstić information content (AvgIpc) is 3.29. The zero-order chi connectivity index (χ0) is 21.4. The molecule has 1 N–H and O–H groups in total. The van der Waals surface area contributed by atoms with Crippen molar-refractivity contribution in [1.82, 2.24) is 0 Å². The lowest BCUT2D eigenvalue weighted by molar-refractivity contribution is 0.0603. The lowest BCUT2D eigenvalue weighted by atomic mass is 10.0. The highest BCUT2D eigenvalue weighted by Gasteiger charge is 2.24. The summed E-state index contributed by atoms with van der Waals surface area (Å²) >= 11 is 9.10. The molecule has 2 aromatic carbocycles. The number of thiophene rings is 2. The number of methoxy groups -OCH3 is 1. The fourth-order valence-corrected chi connectivity index (χ4v) is 5.64. The summed E-state index contributed by atoms with van der Waals surface area (Å²) in [6.07, 6.45) is 0. The number of aryl methyl sites for hydroxylation is 2. The first-order valence-corrected chi connectivity index (χ1v) is 11.2. The van der Waals surface area contributed by atoms with E-state index in [1.54, 1.807) is 0 Å². The average molecular weight is 456 g/mol. The molecule has 0 saturated carbocycles. The smallest absolute Gasteiger partial charge is 0.341 e. The molecule has 0 radical (unpaired) electrons. The number of esters is 1. The van der Waals surface area contributed by atoms with Crippen LogP contribution in [0.5, 0.6) is 0 Å². The molecule has 0 aliphatic carbocycles. The second-order valence-corrected chi connectivity index (χ2v) is 9.22. The summed E-state index contributed by atoms with van der Waals surface area (Å²) in [7, 11) is 1.33. The van der Waals surface area contributed by atoms with E-state index in [0.717, 1.165) is 32.3 Å². The Hall–Kier alpha value is -2.67. The van der Waals surface area contributed by atoms with Crippen molar-refractivity contribution in [1.29, 1.82) is 0 Å². The Bertz CT molecular complexity index is 1270. The van der Waals surface area contributed by atoms with Crippen molar-refractivity contribution in [3.8, 4) is 11.1 Å². The molecule has 2 heterocycles. The number of hydrogen-bond donors (Lipinski definition) is 1. The van der Waals surface area contributed by atoms with Crippen molar-refractivity contribution in [3.63, 3.8) is 0 Å². The summed E-state index contributed by atoms with van der Waals surface area (Å²) in [6.45, 7) is 3.99. The molecule has 0 fully saturated rings. The predicted molar refractivity (Wildman–Crippen MR) is 125 cm³/mol. The molecule has 0 unspecified atom stereocenters. The molecule has 0 spiro atoms. The van der Waals surface area contributed by atoms with Crippen LogP contribution >= 0.6 is 34.3 Å². The lowest BCUT2D eigenvalue weighted by Gasteiger charge is -2.08. The van der Waals surface area contributed by atoms with Gasteiger partial charge in [-0.15, -0.1) is 22.7 Å². The van der Waals surface area contributed by atoms with E-state index in [-0.39, 0.29) is 5.91 Å². The molecule has 4 nitrogen and oxygen atoms in total. The van der Waals surface area contributed by atoms with Crippen molar-refractivity contribution in [2.75, 3.05) is 12.4 Å². The number of carbonyl (C=O) groups is 2. The van der Waals surface area contributed by atoms with Gasteiger partial charge in [-0.25, -0.2) is 4.79 Å². The molecule has 2 aromatic heterocycles. The number of carbonyl (C=O) groups excluding carboxylic acids is 2. The largest absolute Gasteiger partial charge is 0.465 e. The Morgan fingerprint density at radius 1 is 1.03 bits per heavy atom.